The van der Waals surface area contributed by atoms with Crippen molar-refractivity contribution < 1.29 is 4.79 Å². The van der Waals surface area contributed by atoms with Crippen molar-refractivity contribution in [3.8, 4) is 0 Å². The van der Waals surface area contributed by atoms with Crippen LogP contribution in [0.4, 0.5) is 0 Å². The first kappa shape index (κ1) is 16.0. The molecule has 1 amide bonds. The quantitative estimate of drug-likeness (QED) is 0.820. The number of amides is 1. The molecule has 1 saturated carbocycles. The van der Waals surface area contributed by atoms with Crippen molar-refractivity contribution >= 4 is 23.2 Å². The Kier molecular flexibility index (Phi) is 5.40. The fourth-order valence-corrected chi connectivity index (χ4v) is 3.00. The van der Waals surface area contributed by atoms with Gasteiger partial charge < -0.3 is 0 Å². The average Bonchev–Trinajstić information content (AvgIpc) is 2.45. The van der Waals surface area contributed by atoms with Crippen molar-refractivity contribution in [3.63, 3.8) is 0 Å². The van der Waals surface area contributed by atoms with Crippen LogP contribution in [-0.4, -0.2) is 11.6 Å². The van der Waals surface area contributed by atoms with E-state index >= 15 is 0 Å². The SMILES string of the molecule is CC(C)[C@H]1CC[C@@H](C)C/C1=N/NC(=O)c1ccc(Cl)cc1. The second kappa shape index (κ2) is 7.08. The molecular formula is C17H23ClN2O. The van der Waals surface area contributed by atoms with E-state index < -0.39 is 0 Å². The van der Waals surface area contributed by atoms with Gasteiger partial charge in [0.2, 0.25) is 0 Å². The molecule has 114 valence electrons. The number of hydrazone groups is 1. The van der Waals surface area contributed by atoms with Crippen LogP contribution in [0.5, 0.6) is 0 Å². The highest BCUT2D eigenvalue weighted by atomic mass is 35.5. The lowest BCUT2D eigenvalue weighted by Gasteiger charge is -2.30. The first-order chi connectivity index (χ1) is 9.97. The largest absolute Gasteiger partial charge is 0.271 e. The normalized spacial score (nSPS) is 24.3. The molecule has 1 aromatic rings. The second-order valence-corrected chi connectivity index (χ2v) is 6.72. The average molecular weight is 307 g/mol. The minimum atomic E-state index is -0.181. The van der Waals surface area contributed by atoms with E-state index in [1.807, 2.05) is 0 Å². The number of hydrogen-bond acceptors (Lipinski definition) is 2. The van der Waals surface area contributed by atoms with Gasteiger partial charge in [-0.1, -0.05) is 32.4 Å². The highest BCUT2D eigenvalue weighted by molar-refractivity contribution is 6.30. The van der Waals surface area contributed by atoms with Gasteiger partial charge in [0, 0.05) is 22.2 Å². The molecule has 0 bridgehead atoms. The first-order valence-corrected chi connectivity index (χ1v) is 7.97. The van der Waals surface area contributed by atoms with E-state index in [1.54, 1.807) is 24.3 Å². The van der Waals surface area contributed by atoms with Crippen LogP contribution in [0.15, 0.2) is 29.4 Å². The highest BCUT2D eigenvalue weighted by Crippen LogP contribution is 2.31. The molecule has 3 nitrogen and oxygen atoms in total. The molecule has 0 aromatic heterocycles. The molecular weight excluding hydrogens is 284 g/mol. The molecule has 2 atom stereocenters. The lowest BCUT2D eigenvalue weighted by Crippen LogP contribution is -2.31. The van der Waals surface area contributed by atoms with E-state index in [0.29, 0.717) is 28.3 Å². The van der Waals surface area contributed by atoms with E-state index in [0.717, 1.165) is 18.6 Å². The number of hydrogen-bond donors (Lipinski definition) is 1. The van der Waals surface area contributed by atoms with Crippen LogP contribution in [-0.2, 0) is 0 Å². The Balaban J connectivity index is 2.06. The zero-order chi connectivity index (χ0) is 15.4. The predicted octanol–water partition coefficient (Wildman–Crippen LogP) is 4.52. The summed E-state index contributed by atoms with van der Waals surface area (Å²) in [7, 11) is 0. The van der Waals surface area contributed by atoms with Crippen LogP contribution in [0, 0.1) is 17.8 Å². The maximum atomic E-state index is 12.1. The summed E-state index contributed by atoms with van der Waals surface area (Å²) in [6.45, 7) is 6.68. The summed E-state index contributed by atoms with van der Waals surface area (Å²) in [6, 6.07) is 6.84. The van der Waals surface area contributed by atoms with Gasteiger partial charge in [-0.05, 0) is 55.4 Å². The minimum Gasteiger partial charge on any atom is -0.267 e. The van der Waals surface area contributed by atoms with Gasteiger partial charge >= 0.3 is 0 Å². The summed E-state index contributed by atoms with van der Waals surface area (Å²) in [5.41, 5.74) is 4.41. The van der Waals surface area contributed by atoms with Crippen molar-refractivity contribution in [3.05, 3.63) is 34.9 Å². The number of benzene rings is 1. The van der Waals surface area contributed by atoms with Gasteiger partial charge in [0.1, 0.15) is 0 Å². The van der Waals surface area contributed by atoms with Gasteiger partial charge in [0.25, 0.3) is 5.91 Å². The Bertz CT molecular complexity index is 522. The maximum absolute atomic E-state index is 12.1. The van der Waals surface area contributed by atoms with Crippen LogP contribution in [0.1, 0.15) is 50.4 Å². The second-order valence-electron chi connectivity index (χ2n) is 6.29. The van der Waals surface area contributed by atoms with E-state index in [4.69, 9.17) is 11.6 Å². The monoisotopic (exact) mass is 306 g/mol. The summed E-state index contributed by atoms with van der Waals surface area (Å²) in [4.78, 5) is 12.1. The van der Waals surface area contributed by atoms with E-state index in [1.165, 1.54) is 6.42 Å². The highest BCUT2D eigenvalue weighted by Gasteiger charge is 2.27. The third kappa shape index (κ3) is 4.31. The molecule has 0 unspecified atom stereocenters. The van der Waals surface area contributed by atoms with Gasteiger partial charge in [-0.25, -0.2) is 5.43 Å². The zero-order valence-corrected chi connectivity index (χ0v) is 13.7. The van der Waals surface area contributed by atoms with E-state index in [2.05, 4.69) is 31.3 Å². The van der Waals surface area contributed by atoms with Crippen LogP contribution in [0.2, 0.25) is 5.02 Å². The molecule has 0 heterocycles. The molecule has 1 aliphatic rings. The number of rotatable bonds is 3. The number of nitrogens with zero attached hydrogens (tertiary/aromatic N) is 1. The first-order valence-electron chi connectivity index (χ1n) is 7.59. The van der Waals surface area contributed by atoms with Crippen molar-refractivity contribution in [1.29, 1.82) is 0 Å². The Morgan fingerprint density at radius 2 is 1.95 bits per heavy atom. The number of carbonyl (C=O) groups excluding carboxylic acids is 1. The number of halogens is 1. The van der Waals surface area contributed by atoms with E-state index in [-0.39, 0.29) is 5.91 Å². The Hall–Kier alpha value is -1.35. The molecule has 0 radical (unpaired) electrons. The Morgan fingerprint density at radius 3 is 2.57 bits per heavy atom. The van der Waals surface area contributed by atoms with Crippen molar-refractivity contribution in [2.45, 2.75) is 40.0 Å². The predicted molar refractivity (Wildman–Crippen MR) is 87.7 cm³/mol. The molecule has 21 heavy (non-hydrogen) atoms. The number of carbonyl (C=O) groups is 1. The van der Waals surface area contributed by atoms with Crippen LogP contribution >= 0.6 is 11.6 Å². The standard InChI is InChI=1S/C17H23ClN2O/c1-11(2)15-9-4-12(3)10-16(15)19-20-17(21)13-5-7-14(18)8-6-13/h5-8,11-12,15H,4,9-10H2,1-3H3,(H,20,21)/b19-16-/t12-,15-/m1/s1. The summed E-state index contributed by atoms with van der Waals surface area (Å²) >= 11 is 5.83. The van der Waals surface area contributed by atoms with Gasteiger partial charge in [0.15, 0.2) is 0 Å². The molecule has 1 aromatic carbocycles. The van der Waals surface area contributed by atoms with Gasteiger partial charge in [0.05, 0.1) is 0 Å². The summed E-state index contributed by atoms with van der Waals surface area (Å²) in [6.07, 6.45) is 3.38. The maximum Gasteiger partial charge on any atom is 0.271 e. The van der Waals surface area contributed by atoms with Gasteiger partial charge in [-0.15, -0.1) is 0 Å². The summed E-state index contributed by atoms with van der Waals surface area (Å²) in [5.74, 6) is 1.50. The summed E-state index contributed by atoms with van der Waals surface area (Å²) in [5, 5.41) is 5.04. The molecule has 4 heteroatoms. The smallest absolute Gasteiger partial charge is 0.267 e. The fraction of sp³-hybridized carbons (Fsp3) is 0.529. The Morgan fingerprint density at radius 1 is 1.29 bits per heavy atom. The third-order valence-corrected chi connectivity index (χ3v) is 4.42. The lowest BCUT2D eigenvalue weighted by atomic mass is 9.76. The molecule has 0 saturated heterocycles. The molecule has 0 aliphatic heterocycles. The molecule has 1 aliphatic carbocycles. The topological polar surface area (TPSA) is 41.5 Å². The Labute approximate surface area is 131 Å². The van der Waals surface area contributed by atoms with Gasteiger partial charge in [-0.3, -0.25) is 4.79 Å². The van der Waals surface area contributed by atoms with Crippen LogP contribution < -0.4 is 5.43 Å². The minimum absolute atomic E-state index is 0.181. The van der Waals surface area contributed by atoms with Gasteiger partial charge in [-0.2, -0.15) is 5.10 Å². The van der Waals surface area contributed by atoms with Crippen LogP contribution in [0.3, 0.4) is 0 Å². The number of nitrogens with one attached hydrogen (secondary N) is 1. The van der Waals surface area contributed by atoms with E-state index in [9.17, 15) is 4.79 Å². The fourth-order valence-electron chi connectivity index (χ4n) is 2.88. The molecule has 2 rings (SSSR count). The molecule has 1 fully saturated rings. The molecule has 1 N–H and O–H groups in total. The van der Waals surface area contributed by atoms with Crippen LogP contribution in [0.25, 0.3) is 0 Å². The zero-order valence-electron chi connectivity index (χ0n) is 12.9. The molecule has 0 spiro atoms. The third-order valence-electron chi connectivity index (χ3n) is 4.17. The van der Waals surface area contributed by atoms with Crippen molar-refractivity contribution in [2.24, 2.45) is 22.9 Å². The van der Waals surface area contributed by atoms with Crippen molar-refractivity contribution in [1.82, 2.24) is 5.43 Å². The summed E-state index contributed by atoms with van der Waals surface area (Å²) < 4.78 is 0. The lowest BCUT2D eigenvalue weighted by molar-refractivity contribution is 0.0954. The van der Waals surface area contributed by atoms with Crippen molar-refractivity contribution in [2.75, 3.05) is 0 Å².